The van der Waals surface area contributed by atoms with Crippen LogP contribution in [0.25, 0.3) is 0 Å². The molecule has 0 saturated heterocycles. The van der Waals surface area contributed by atoms with E-state index in [1.54, 1.807) is 0 Å². The summed E-state index contributed by atoms with van der Waals surface area (Å²) in [7, 11) is 0. The summed E-state index contributed by atoms with van der Waals surface area (Å²) in [5.41, 5.74) is 7.29. The molecular formula is C16H21N3O. The number of nitrogens with zero attached hydrogens (tertiary/aromatic N) is 2. The zero-order valence-corrected chi connectivity index (χ0v) is 11.7. The van der Waals surface area contributed by atoms with E-state index in [9.17, 15) is 0 Å². The van der Waals surface area contributed by atoms with Crippen molar-refractivity contribution in [1.29, 1.82) is 0 Å². The second kappa shape index (κ2) is 6.18. The maximum Gasteiger partial charge on any atom is 0.228 e. The van der Waals surface area contributed by atoms with Crippen molar-refractivity contribution in [3.8, 4) is 0 Å². The molecule has 106 valence electrons. The fourth-order valence-electron chi connectivity index (χ4n) is 2.88. The second-order valence-electron chi connectivity index (χ2n) is 5.60. The summed E-state index contributed by atoms with van der Waals surface area (Å²) in [6.45, 7) is 0. The molecular weight excluding hydrogens is 250 g/mol. The van der Waals surface area contributed by atoms with E-state index in [0.717, 1.165) is 11.4 Å². The molecule has 0 aliphatic heterocycles. The Labute approximate surface area is 119 Å². The van der Waals surface area contributed by atoms with Crippen LogP contribution in [0.4, 0.5) is 0 Å². The zero-order chi connectivity index (χ0) is 13.8. The van der Waals surface area contributed by atoms with Gasteiger partial charge in [-0.15, -0.1) is 0 Å². The Morgan fingerprint density at radius 3 is 2.65 bits per heavy atom. The molecule has 20 heavy (non-hydrogen) atoms. The van der Waals surface area contributed by atoms with Crippen molar-refractivity contribution >= 4 is 0 Å². The molecule has 1 aromatic heterocycles. The minimum Gasteiger partial charge on any atom is -0.339 e. The summed E-state index contributed by atoms with van der Waals surface area (Å²) >= 11 is 0. The lowest BCUT2D eigenvalue weighted by atomic mass is 9.89. The van der Waals surface area contributed by atoms with Gasteiger partial charge in [-0.05, 0) is 18.4 Å². The Morgan fingerprint density at radius 2 is 1.90 bits per heavy atom. The predicted molar refractivity (Wildman–Crippen MR) is 77.2 cm³/mol. The number of nitrogens with two attached hydrogens (primary N) is 1. The molecule has 1 atom stereocenters. The van der Waals surface area contributed by atoms with E-state index in [4.69, 9.17) is 10.3 Å². The van der Waals surface area contributed by atoms with Crippen LogP contribution in [0.3, 0.4) is 0 Å². The molecule has 2 aromatic rings. The van der Waals surface area contributed by atoms with E-state index >= 15 is 0 Å². The number of aromatic nitrogens is 2. The first-order chi connectivity index (χ1) is 9.83. The molecule has 0 bridgehead atoms. The quantitative estimate of drug-likeness (QED) is 0.926. The van der Waals surface area contributed by atoms with Crippen LogP contribution >= 0.6 is 0 Å². The van der Waals surface area contributed by atoms with Crippen molar-refractivity contribution in [2.75, 3.05) is 0 Å². The van der Waals surface area contributed by atoms with E-state index in [1.165, 1.54) is 32.1 Å². The highest BCUT2D eigenvalue weighted by Crippen LogP contribution is 2.31. The van der Waals surface area contributed by atoms with Crippen LogP contribution in [-0.4, -0.2) is 10.1 Å². The highest BCUT2D eigenvalue weighted by Gasteiger charge is 2.21. The summed E-state index contributed by atoms with van der Waals surface area (Å²) in [4.78, 5) is 4.54. The van der Waals surface area contributed by atoms with Crippen LogP contribution in [0.15, 0.2) is 34.9 Å². The largest absolute Gasteiger partial charge is 0.339 e. The Hall–Kier alpha value is -1.68. The summed E-state index contributed by atoms with van der Waals surface area (Å²) in [6, 6.07) is 9.96. The summed E-state index contributed by atoms with van der Waals surface area (Å²) < 4.78 is 5.37. The lowest BCUT2D eigenvalue weighted by molar-refractivity contribution is 0.352. The molecule has 1 heterocycles. The Morgan fingerprint density at radius 1 is 1.15 bits per heavy atom. The van der Waals surface area contributed by atoms with Gasteiger partial charge in [0.25, 0.3) is 0 Å². The molecule has 1 saturated carbocycles. The molecule has 4 nitrogen and oxygen atoms in total. The summed E-state index contributed by atoms with van der Waals surface area (Å²) in [5.74, 6) is 2.01. The number of hydrogen-bond donors (Lipinski definition) is 1. The standard InChI is InChI=1S/C16H21N3O/c17-14(12-7-3-1-4-8-12)11-15-18-16(19-20-15)13-9-5-2-6-10-13/h1,3-4,7-8,13-14H,2,5-6,9-11,17H2. The first-order valence-corrected chi connectivity index (χ1v) is 7.46. The topological polar surface area (TPSA) is 64.9 Å². The van der Waals surface area contributed by atoms with Gasteiger partial charge in [-0.3, -0.25) is 0 Å². The molecule has 1 fully saturated rings. The van der Waals surface area contributed by atoms with Gasteiger partial charge in [0, 0.05) is 18.4 Å². The van der Waals surface area contributed by atoms with Gasteiger partial charge in [0.15, 0.2) is 5.82 Å². The van der Waals surface area contributed by atoms with Gasteiger partial charge < -0.3 is 10.3 Å². The van der Waals surface area contributed by atoms with Gasteiger partial charge in [0.1, 0.15) is 0 Å². The van der Waals surface area contributed by atoms with Crippen LogP contribution in [0, 0.1) is 0 Å². The minimum absolute atomic E-state index is 0.0872. The van der Waals surface area contributed by atoms with Crippen molar-refractivity contribution < 1.29 is 4.52 Å². The fourth-order valence-corrected chi connectivity index (χ4v) is 2.88. The molecule has 1 unspecified atom stereocenters. The molecule has 0 amide bonds. The zero-order valence-electron chi connectivity index (χ0n) is 11.7. The molecule has 2 N–H and O–H groups in total. The Kier molecular flexibility index (Phi) is 4.11. The monoisotopic (exact) mass is 271 g/mol. The normalized spacial score (nSPS) is 18.1. The van der Waals surface area contributed by atoms with Gasteiger partial charge in [-0.25, -0.2) is 0 Å². The minimum atomic E-state index is -0.0872. The molecule has 0 radical (unpaired) electrons. The molecule has 0 spiro atoms. The summed E-state index contributed by atoms with van der Waals surface area (Å²) in [6.07, 6.45) is 6.85. The molecule has 1 aliphatic carbocycles. The van der Waals surface area contributed by atoms with Gasteiger partial charge >= 0.3 is 0 Å². The number of hydrogen-bond acceptors (Lipinski definition) is 4. The Balaban J connectivity index is 1.65. The number of benzene rings is 1. The van der Waals surface area contributed by atoms with Crippen molar-refractivity contribution in [2.45, 2.75) is 50.5 Å². The maximum atomic E-state index is 6.19. The molecule has 1 aliphatic rings. The van der Waals surface area contributed by atoms with Crippen LogP contribution in [-0.2, 0) is 6.42 Å². The molecule has 3 rings (SSSR count). The van der Waals surface area contributed by atoms with Crippen molar-refractivity contribution in [3.05, 3.63) is 47.6 Å². The van der Waals surface area contributed by atoms with Crippen molar-refractivity contribution in [1.82, 2.24) is 10.1 Å². The van der Waals surface area contributed by atoms with Crippen LogP contribution in [0.1, 0.15) is 61.3 Å². The predicted octanol–water partition coefficient (Wildman–Crippen LogP) is 3.36. The Bertz CT molecular complexity index is 532. The van der Waals surface area contributed by atoms with E-state index in [1.807, 2.05) is 30.3 Å². The molecule has 4 heteroatoms. The van der Waals surface area contributed by atoms with Crippen molar-refractivity contribution in [2.24, 2.45) is 5.73 Å². The third-order valence-electron chi connectivity index (χ3n) is 4.08. The van der Waals surface area contributed by atoms with E-state index in [-0.39, 0.29) is 6.04 Å². The van der Waals surface area contributed by atoms with Crippen LogP contribution < -0.4 is 5.73 Å². The second-order valence-corrected chi connectivity index (χ2v) is 5.60. The first-order valence-electron chi connectivity index (χ1n) is 7.46. The third-order valence-corrected chi connectivity index (χ3v) is 4.08. The average Bonchev–Trinajstić information content (AvgIpc) is 2.97. The summed E-state index contributed by atoms with van der Waals surface area (Å²) in [5, 5.41) is 4.14. The molecule has 1 aromatic carbocycles. The smallest absolute Gasteiger partial charge is 0.228 e. The van der Waals surface area contributed by atoms with Crippen LogP contribution in [0.5, 0.6) is 0 Å². The lowest BCUT2D eigenvalue weighted by Gasteiger charge is -2.17. The fraction of sp³-hybridized carbons (Fsp3) is 0.500. The first kappa shape index (κ1) is 13.3. The van der Waals surface area contributed by atoms with Gasteiger partial charge in [0.2, 0.25) is 5.89 Å². The highest BCUT2D eigenvalue weighted by atomic mass is 16.5. The highest BCUT2D eigenvalue weighted by molar-refractivity contribution is 5.19. The third kappa shape index (κ3) is 3.07. The van der Waals surface area contributed by atoms with E-state index in [0.29, 0.717) is 18.2 Å². The average molecular weight is 271 g/mol. The lowest BCUT2D eigenvalue weighted by Crippen LogP contribution is -2.13. The van der Waals surface area contributed by atoms with E-state index in [2.05, 4.69) is 10.1 Å². The SMILES string of the molecule is NC(Cc1nc(C2CCCCC2)no1)c1ccccc1. The van der Waals surface area contributed by atoms with Gasteiger partial charge in [-0.2, -0.15) is 4.98 Å². The van der Waals surface area contributed by atoms with Crippen molar-refractivity contribution in [3.63, 3.8) is 0 Å². The van der Waals surface area contributed by atoms with Gasteiger partial charge in [0.05, 0.1) is 0 Å². The van der Waals surface area contributed by atoms with Gasteiger partial charge in [-0.1, -0.05) is 54.8 Å². The van der Waals surface area contributed by atoms with E-state index < -0.39 is 0 Å². The van der Waals surface area contributed by atoms with Crippen LogP contribution in [0.2, 0.25) is 0 Å². The maximum absolute atomic E-state index is 6.19. The number of rotatable bonds is 4.